The summed E-state index contributed by atoms with van der Waals surface area (Å²) in [5.74, 6) is 1.08. The number of esters is 1. The van der Waals surface area contributed by atoms with Crippen molar-refractivity contribution in [1.29, 1.82) is 0 Å². The molecule has 0 spiro atoms. The smallest absolute Gasteiger partial charge is 0.306 e. The van der Waals surface area contributed by atoms with E-state index in [9.17, 15) is 4.79 Å². The molecule has 106 valence electrons. The number of rotatable bonds is 7. The fourth-order valence-corrected chi connectivity index (χ4v) is 2.37. The molecule has 0 bridgehead atoms. The number of ether oxygens (including phenoxy) is 2. The van der Waals surface area contributed by atoms with Crippen LogP contribution >= 0.6 is 0 Å². The minimum absolute atomic E-state index is 0.114. The van der Waals surface area contributed by atoms with Crippen LogP contribution in [-0.2, 0) is 14.3 Å². The maximum absolute atomic E-state index is 11.7. The molecule has 0 radical (unpaired) electrons. The first-order chi connectivity index (χ1) is 8.61. The van der Waals surface area contributed by atoms with Crippen LogP contribution in [0.3, 0.4) is 0 Å². The highest BCUT2D eigenvalue weighted by atomic mass is 16.5. The van der Waals surface area contributed by atoms with Gasteiger partial charge in [0.15, 0.2) is 0 Å². The Morgan fingerprint density at radius 3 is 2.83 bits per heavy atom. The molecule has 1 rings (SSSR count). The molecule has 0 aliphatic carbocycles. The van der Waals surface area contributed by atoms with Crippen molar-refractivity contribution < 1.29 is 14.3 Å². The van der Waals surface area contributed by atoms with E-state index in [-0.39, 0.29) is 11.9 Å². The number of carbonyl (C=O) groups is 1. The van der Waals surface area contributed by atoms with Gasteiger partial charge in [-0.3, -0.25) is 4.79 Å². The molecular formula is C14H27NO3. The Morgan fingerprint density at radius 2 is 2.28 bits per heavy atom. The third-order valence-corrected chi connectivity index (χ3v) is 3.33. The second-order valence-corrected chi connectivity index (χ2v) is 5.70. The van der Waals surface area contributed by atoms with E-state index in [0.717, 1.165) is 32.5 Å². The summed E-state index contributed by atoms with van der Waals surface area (Å²) in [6, 6.07) is 0. The van der Waals surface area contributed by atoms with Gasteiger partial charge in [-0.1, -0.05) is 13.8 Å². The third-order valence-electron chi connectivity index (χ3n) is 3.33. The van der Waals surface area contributed by atoms with Crippen molar-refractivity contribution in [2.45, 2.75) is 39.5 Å². The molecule has 0 aromatic heterocycles. The van der Waals surface area contributed by atoms with Gasteiger partial charge in [-0.2, -0.15) is 0 Å². The van der Waals surface area contributed by atoms with E-state index >= 15 is 0 Å². The molecule has 1 saturated heterocycles. The van der Waals surface area contributed by atoms with E-state index in [4.69, 9.17) is 15.2 Å². The molecule has 1 aliphatic heterocycles. The fourth-order valence-electron chi connectivity index (χ4n) is 2.37. The normalized spacial score (nSPS) is 21.9. The summed E-state index contributed by atoms with van der Waals surface area (Å²) in [5.41, 5.74) is 5.68. The van der Waals surface area contributed by atoms with E-state index in [2.05, 4.69) is 13.8 Å². The van der Waals surface area contributed by atoms with Crippen molar-refractivity contribution in [3.8, 4) is 0 Å². The predicted octanol–water partition coefficient (Wildman–Crippen LogP) is 1.97. The molecule has 0 aromatic carbocycles. The third kappa shape index (κ3) is 6.36. The molecule has 0 aromatic rings. The van der Waals surface area contributed by atoms with Crippen LogP contribution < -0.4 is 5.73 Å². The minimum Gasteiger partial charge on any atom is -0.465 e. The van der Waals surface area contributed by atoms with E-state index < -0.39 is 0 Å². The molecule has 2 N–H and O–H groups in total. The molecule has 18 heavy (non-hydrogen) atoms. The average molecular weight is 257 g/mol. The van der Waals surface area contributed by atoms with Gasteiger partial charge in [0, 0.05) is 18.9 Å². The Bertz CT molecular complexity index is 237. The first kappa shape index (κ1) is 15.4. The summed E-state index contributed by atoms with van der Waals surface area (Å²) in [6.45, 7) is 6.91. The van der Waals surface area contributed by atoms with Crippen LogP contribution in [0.15, 0.2) is 0 Å². The lowest BCUT2D eigenvalue weighted by molar-refractivity contribution is -0.147. The van der Waals surface area contributed by atoms with Crippen LogP contribution in [0.5, 0.6) is 0 Å². The number of nitrogens with two attached hydrogens (primary N) is 1. The Labute approximate surface area is 110 Å². The molecular weight excluding hydrogens is 230 g/mol. The highest BCUT2D eigenvalue weighted by molar-refractivity contribution is 5.69. The van der Waals surface area contributed by atoms with Crippen molar-refractivity contribution in [2.24, 2.45) is 23.5 Å². The van der Waals surface area contributed by atoms with Crippen LogP contribution in [-0.4, -0.2) is 32.3 Å². The molecule has 0 amide bonds. The molecule has 1 fully saturated rings. The highest BCUT2D eigenvalue weighted by Gasteiger charge is 2.18. The van der Waals surface area contributed by atoms with Crippen LogP contribution in [0, 0.1) is 17.8 Å². The van der Waals surface area contributed by atoms with Crippen LogP contribution in [0.25, 0.3) is 0 Å². The molecule has 4 nitrogen and oxygen atoms in total. The lowest BCUT2D eigenvalue weighted by atomic mass is 9.94. The topological polar surface area (TPSA) is 61.6 Å². The van der Waals surface area contributed by atoms with Gasteiger partial charge in [-0.25, -0.2) is 0 Å². The van der Waals surface area contributed by atoms with Gasteiger partial charge in [-0.15, -0.1) is 0 Å². The average Bonchev–Trinajstić information content (AvgIpc) is 2.36. The van der Waals surface area contributed by atoms with E-state index in [1.54, 1.807) is 0 Å². The van der Waals surface area contributed by atoms with Gasteiger partial charge in [0.2, 0.25) is 0 Å². The molecule has 4 heteroatoms. The zero-order valence-electron chi connectivity index (χ0n) is 11.7. The van der Waals surface area contributed by atoms with Crippen molar-refractivity contribution in [1.82, 2.24) is 0 Å². The summed E-state index contributed by atoms with van der Waals surface area (Å²) in [5, 5.41) is 0. The van der Waals surface area contributed by atoms with Crippen LogP contribution in [0.1, 0.15) is 39.5 Å². The SMILES string of the molecule is CC(C)C[C@H](CN)CC(=O)OC[C@H]1CCCOC1. The first-order valence-electron chi connectivity index (χ1n) is 7.05. The van der Waals surface area contributed by atoms with Gasteiger partial charge in [-0.05, 0) is 37.6 Å². The second kappa shape index (κ2) is 8.48. The Hall–Kier alpha value is -0.610. The van der Waals surface area contributed by atoms with Gasteiger partial charge < -0.3 is 15.2 Å². The maximum Gasteiger partial charge on any atom is 0.306 e. The Kier molecular flexibility index (Phi) is 7.28. The van der Waals surface area contributed by atoms with E-state index in [0.29, 0.717) is 31.4 Å². The van der Waals surface area contributed by atoms with Crippen molar-refractivity contribution in [3.05, 3.63) is 0 Å². The maximum atomic E-state index is 11.7. The number of hydrogen-bond donors (Lipinski definition) is 1. The van der Waals surface area contributed by atoms with Crippen molar-refractivity contribution >= 4 is 5.97 Å². The summed E-state index contributed by atoms with van der Waals surface area (Å²) < 4.78 is 10.7. The molecule has 0 unspecified atom stereocenters. The first-order valence-corrected chi connectivity index (χ1v) is 7.05. The zero-order valence-corrected chi connectivity index (χ0v) is 11.7. The standard InChI is InChI=1S/C14H27NO3/c1-11(2)6-13(8-15)7-14(16)18-10-12-4-3-5-17-9-12/h11-13H,3-10,15H2,1-2H3/t12-,13-/m0/s1. The van der Waals surface area contributed by atoms with E-state index in [1.165, 1.54) is 0 Å². The molecule has 0 saturated carbocycles. The Morgan fingerprint density at radius 1 is 1.50 bits per heavy atom. The summed E-state index contributed by atoms with van der Waals surface area (Å²) in [7, 11) is 0. The second-order valence-electron chi connectivity index (χ2n) is 5.70. The van der Waals surface area contributed by atoms with E-state index in [1.807, 2.05) is 0 Å². The largest absolute Gasteiger partial charge is 0.465 e. The monoisotopic (exact) mass is 257 g/mol. The van der Waals surface area contributed by atoms with Crippen molar-refractivity contribution in [3.63, 3.8) is 0 Å². The highest BCUT2D eigenvalue weighted by Crippen LogP contribution is 2.17. The fraction of sp³-hybridized carbons (Fsp3) is 0.929. The van der Waals surface area contributed by atoms with Crippen LogP contribution in [0.4, 0.5) is 0 Å². The lowest BCUT2D eigenvalue weighted by Crippen LogP contribution is -2.25. The predicted molar refractivity (Wildman–Crippen MR) is 71.1 cm³/mol. The Balaban J connectivity index is 2.18. The van der Waals surface area contributed by atoms with Gasteiger partial charge in [0.05, 0.1) is 13.2 Å². The summed E-state index contributed by atoms with van der Waals surface area (Å²) in [6.07, 6.45) is 3.60. The zero-order chi connectivity index (χ0) is 13.4. The number of carbonyl (C=O) groups excluding carboxylic acids is 1. The summed E-state index contributed by atoms with van der Waals surface area (Å²) >= 11 is 0. The van der Waals surface area contributed by atoms with Gasteiger partial charge >= 0.3 is 5.97 Å². The lowest BCUT2D eigenvalue weighted by Gasteiger charge is -2.22. The number of hydrogen-bond acceptors (Lipinski definition) is 4. The summed E-state index contributed by atoms with van der Waals surface area (Å²) in [4.78, 5) is 11.7. The van der Waals surface area contributed by atoms with Gasteiger partial charge in [0.25, 0.3) is 0 Å². The van der Waals surface area contributed by atoms with Crippen molar-refractivity contribution in [2.75, 3.05) is 26.4 Å². The molecule has 1 aliphatic rings. The minimum atomic E-state index is -0.114. The quantitative estimate of drug-likeness (QED) is 0.708. The van der Waals surface area contributed by atoms with Gasteiger partial charge in [0.1, 0.15) is 0 Å². The molecule has 2 atom stereocenters. The molecule has 1 heterocycles. The van der Waals surface area contributed by atoms with Crippen LogP contribution in [0.2, 0.25) is 0 Å².